The first-order chi connectivity index (χ1) is 14.0. The standard InChI is InChI=1S/C18H34N2O8/c1-9(2)5-11(19)17(25)27-8-14(23)15(24)16(13(22)7-21)28-18(26)12(20)6-10(3)4/h7,9-16,22-24H,5-6,8,19-20H2,1-4H3/t11-,12-,13-,14+,15+,16+/m0/s1/i/hD2. The predicted molar refractivity (Wildman–Crippen MR) is 99.8 cm³/mol. The Morgan fingerprint density at radius 3 is 1.93 bits per heavy atom. The number of hydrogen-bond acceptors (Lipinski definition) is 10. The summed E-state index contributed by atoms with van der Waals surface area (Å²) in [6, 6.07) is -2.02. The normalized spacial score (nSPS) is 19.0. The molecule has 0 aromatic heterocycles. The Bertz CT molecular complexity index is 538. The van der Waals surface area contributed by atoms with Crippen LogP contribution < -0.4 is 11.5 Å². The van der Waals surface area contributed by atoms with Crippen LogP contribution in [0.4, 0.5) is 0 Å². The van der Waals surface area contributed by atoms with E-state index in [2.05, 4.69) is 0 Å². The van der Waals surface area contributed by atoms with Crippen molar-refractivity contribution in [2.24, 2.45) is 23.3 Å². The Balaban J connectivity index is 5.08. The molecule has 0 aliphatic carbocycles. The lowest BCUT2D eigenvalue weighted by molar-refractivity contribution is -0.179. The van der Waals surface area contributed by atoms with Gasteiger partial charge in [-0.1, -0.05) is 27.7 Å². The van der Waals surface area contributed by atoms with Gasteiger partial charge in [0.05, 0.1) is 0 Å². The number of esters is 2. The van der Waals surface area contributed by atoms with Crippen LogP contribution in [-0.2, 0) is 23.9 Å². The summed E-state index contributed by atoms with van der Waals surface area (Å²) in [5.41, 5.74) is 4.05. The zero-order valence-electron chi connectivity index (χ0n) is 18.7. The van der Waals surface area contributed by atoms with Crippen LogP contribution in [0.15, 0.2) is 0 Å². The number of aliphatic hydroxyl groups is 3. The molecule has 0 aliphatic heterocycles. The van der Waals surface area contributed by atoms with Crippen molar-refractivity contribution in [3.05, 3.63) is 0 Å². The van der Waals surface area contributed by atoms with Gasteiger partial charge in [0, 0.05) is 0 Å². The second kappa shape index (κ2) is 12.8. The third-order valence-electron chi connectivity index (χ3n) is 3.84. The highest BCUT2D eigenvalue weighted by Crippen LogP contribution is 2.13. The van der Waals surface area contributed by atoms with E-state index in [9.17, 15) is 29.7 Å². The fraction of sp³-hybridized carbons (Fsp3) is 0.833. The van der Waals surface area contributed by atoms with Crippen molar-refractivity contribution < 1.29 is 42.0 Å². The fourth-order valence-electron chi connectivity index (χ4n) is 2.36. The average molecular weight is 408 g/mol. The van der Waals surface area contributed by atoms with Crippen LogP contribution in [0.5, 0.6) is 0 Å². The Morgan fingerprint density at radius 2 is 1.50 bits per heavy atom. The maximum atomic E-state index is 12.2. The molecule has 0 heterocycles. The summed E-state index contributed by atoms with van der Waals surface area (Å²) in [4.78, 5) is 35.2. The Kier molecular flexibility index (Phi) is 10.4. The van der Waals surface area contributed by atoms with Crippen LogP contribution in [0.3, 0.4) is 0 Å². The molecule has 0 unspecified atom stereocenters. The lowest BCUT2D eigenvalue weighted by atomic mass is 10.0. The van der Waals surface area contributed by atoms with Crippen LogP contribution >= 0.6 is 0 Å². The molecule has 0 amide bonds. The van der Waals surface area contributed by atoms with Crippen molar-refractivity contribution in [1.82, 2.24) is 0 Å². The van der Waals surface area contributed by atoms with E-state index in [0.717, 1.165) is 0 Å². The molecule has 0 fully saturated rings. The monoisotopic (exact) mass is 408 g/mol. The first-order valence-electron chi connectivity index (χ1n) is 10.2. The molecule has 28 heavy (non-hydrogen) atoms. The van der Waals surface area contributed by atoms with Gasteiger partial charge in [-0.2, -0.15) is 0 Å². The summed E-state index contributed by atoms with van der Waals surface area (Å²) in [6.07, 6.45) is -6.99. The van der Waals surface area contributed by atoms with Crippen molar-refractivity contribution >= 4 is 18.2 Å². The first kappa shape index (κ1) is 22.7. The summed E-state index contributed by atoms with van der Waals surface area (Å²) >= 11 is 0. The molecule has 10 heteroatoms. The van der Waals surface area contributed by atoms with Gasteiger partial charge in [0.2, 0.25) is 0 Å². The summed E-state index contributed by atoms with van der Waals surface area (Å²) in [5.74, 6) is -1.71. The average Bonchev–Trinajstić information content (AvgIpc) is 2.70. The van der Waals surface area contributed by atoms with E-state index in [1.54, 1.807) is 13.8 Å². The maximum absolute atomic E-state index is 12.2. The largest absolute Gasteiger partial charge is 0.462 e. The third-order valence-corrected chi connectivity index (χ3v) is 3.84. The first-order valence-corrected chi connectivity index (χ1v) is 9.19. The molecule has 0 rings (SSSR count). The molecule has 0 saturated heterocycles. The maximum Gasteiger partial charge on any atom is 0.323 e. The minimum atomic E-state index is -1.96. The number of nitrogens with two attached hydrogens (primary N) is 2. The second-order valence-corrected chi connectivity index (χ2v) is 7.58. The Labute approximate surface area is 168 Å². The van der Waals surface area contributed by atoms with Gasteiger partial charge in [-0.15, -0.1) is 0 Å². The molecule has 0 aromatic rings. The van der Waals surface area contributed by atoms with E-state index in [1.807, 2.05) is 25.3 Å². The molecule has 0 radical (unpaired) electrons. The predicted octanol–water partition coefficient (Wildman–Crippen LogP) is -1.53. The van der Waals surface area contributed by atoms with Crippen molar-refractivity contribution in [1.29, 1.82) is 0 Å². The molecule has 6 atom stereocenters. The highest BCUT2D eigenvalue weighted by atomic mass is 16.6. The molecule has 0 spiro atoms. The topological polar surface area (TPSA) is 182 Å². The lowest BCUT2D eigenvalue weighted by Crippen LogP contribution is -2.51. The summed E-state index contributed by atoms with van der Waals surface area (Å²) in [5, 5.41) is 30.2. The van der Waals surface area contributed by atoms with Crippen LogP contribution in [0, 0.1) is 11.8 Å². The van der Waals surface area contributed by atoms with Gasteiger partial charge in [0.15, 0.2) is 12.4 Å². The Hall–Kier alpha value is -1.59. The van der Waals surface area contributed by atoms with E-state index >= 15 is 0 Å². The van der Waals surface area contributed by atoms with Gasteiger partial charge < -0.3 is 41.0 Å². The number of carbonyl (C=O) groups is 3. The number of ether oxygens (including phenoxy) is 2. The van der Waals surface area contributed by atoms with Crippen LogP contribution in [0.2, 0.25) is 2.82 Å². The van der Waals surface area contributed by atoms with Crippen LogP contribution in [-0.4, -0.2) is 76.7 Å². The highest BCUT2D eigenvalue weighted by Gasteiger charge is 2.37. The van der Waals surface area contributed by atoms with Crippen molar-refractivity contribution in [2.45, 2.75) is 77.0 Å². The quantitative estimate of drug-likeness (QED) is 0.157. The zero-order chi connectivity index (χ0) is 23.4. The third kappa shape index (κ3) is 9.56. The van der Waals surface area contributed by atoms with E-state index < -0.39 is 55.0 Å². The SMILES string of the molecule is [2H]N[C@@H](CC(C)C)C(=O)OC[C@@H](O)[C@@H](O)[C@H](OC(=O)[C@H](CC(C)C)N[2H])[C@@H](O)C=O. The van der Waals surface area contributed by atoms with Crippen LogP contribution in [0.1, 0.15) is 40.5 Å². The van der Waals surface area contributed by atoms with E-state index in [4.69, 9.17) is 12.3 Å². The summed E-state index contributed by atoms with van der Waals surface area (Å²) < 4.78 is 24.2. The van der Waals surface area contributed by atoms with Gasteiger partial charge >= 0.3 is 11.9 Å². The number of rotatable bonds is 15. The molecular weight excluding hydrogens is 372 g/mol. The van der Waals surface area contributed by atoms with E-state index in [-0.39, 0.29) is 24.5 Å². The molecule has 0 saturated carbocycles. The summed E-state index contributed by atoms with van der Waals surface area (Å²) in [7, 11) is 0. The van der Waals surface area contributed by atoms with Gasteiger partial charge in [-0.25, -0.2) is 0 Å². The fourth-order valence-corrected chi connectivity index (χ4v) is 2.36. The smallest absolute Gasteiger partial charge is 0.323 e. The van der Waals surface area contributed by atoms with Crippen molar-refractivity contribution in [3.8, 4) is 0 Å². The number of aldehydes is 1. The highest BCUT2D eigenvalue weighted by molar-refractivity contribution is 5.76. The number of hydrogen-bond donors (Lipinski definition) is 5. The van der Waals surface area contributed by atoms with Crippen molar-refractivity contribution in [3.63, 3.8) is 0 Å². The van der Waals surface area contributed by atoms with E-state index in [1.165, 1.54) is 0 Å². The zero-order valence-corrected chi connectivity index (χ0v) is 16.7. The number of carbonyl (C=O) groups excluding carboxylic acids is 3. The molecular formula is C18H34N2O8. The second-order valence-electron chi connectivity index (χ2n) is 7.58. The summed E-state index contributed by atoms with van der Waals surface area (Å²) in [6.45, 7) is 6.58. The minimum absolute atomic E-state index is 0.0220. The molecule has 164 valence electrons. The molecule has 0 aromatic carbocycles. The molecule has 10 nitrogen and oxygen atoms in total. The van der Waals surface area contributed by atoms with Gasteiger partial charge in [-0.3, -0.25) is 9.59 Å². The van der Waals surface area contributed by atoms with Gasteiger partial charge in [0.25, 0.3) is 0 Å². The van der Waals surface area contributed by atoms with E-state index in [0.29, 0.717) is 6.42 Å². The minimum Gasteiger partial charge on any atom is -0.462 e. The van der Waals surface area contributed by atoms with Crippen molar-refractivity contribution in [2.75, 3.05) is 6.61 Å². The molecule has 0 bridgehead atoms. The number of aliphatic hydroxyl groups excluding tert-OH is 3. The van der Waals surface area contributed by atoms with Gasteiger partial charge in [-0.05, 0) is 24.7 Å². The molecule has 0 aliphatic rings. The Morgan fingerprint density at radius 1 is 1.00 bits per heavy atom. The molecule has 7 N–H and O–H groups in total. The lowest BCUT2D eigenvalue weighted by Gasteiger charge is -2.29. The van der Waals surface area contributed by atoms with Gasteiger partial charge in [0.1, 0.15) is 39.8 Å². The van der Waals surface area contributed by atoms with Crippen LogP contribution in [0.25, 0.3) is 0 Å².